The van der Waals surface area contributed by atoms with Gasteiger partial charge in [0.2, 0.25) is 0 Å². The summed E-state index contributed by atoms with van der Waals surface area (Å²) >= 11 is 0. The van der Waals surface area contributed by atoms with Crippen LogP contribution >= 0.6 is 0 Å². The summed E-state index contributed by atoms with van der Waals surface area (Å²) in [6.45, 7) is 0. The molecule has 0 unspecified atom stereocenters. The van der Waals surface area contributed by atoms with Crippen molar-refractivity contribution in [3.05, 3.63) is 0 Å². The van der Waals surface area contributed by atoms with Gasteiger partial charge in [0.25, 0.3) is 0 Å². The van der Waals surface area contributed by atoms with E-state index in [1.165, 1.54) is 0 Å². The van der Waals surface area contributed by atoms with Crippen molar-refractivity contribution in [3.8, 4) is 0 Å². The molecule has 6 heteroatoms. The van der Waals surface area contributed by atoms with Crippen molar-refractivity contribution in [1.29, 1.82) is 0 Å². The number of rotatable bonds is 4. The molecule has 1 fully saturated rings. The van der Waals surface area contributed by atoms with Gasteiger partial charge in [0, 0.05) is 6.04 Å². The maximum Gasteiger partial charge on any atom is 0.320 e. The molecule has 0 aromatic rings. The Bertz CT molecular complexity index is 243. The molecule has 14 heavy (non-hydrogen) atoms. The van der Waals surface area contributed by atoms with Gasteiger partial charge in [-0.3, -0.25) is 9.59 Å². The van der Waals surface area contributed by atoms with E-state index in [0.717, 1.165) is 0 Å². The molecule has 0 radical (unpaired) electrons. The van der Waals surface area contributed by atoms with Gasteiger partial charge in [0.05, 0.1) is 0 Å². The number of carbonyl (C=O) groups is 2. The SMILES string of the molecule is N[C@@H](C[C@H]1CC[C@@H](C(=O)O)N1)C(=O)O. The molecular formula is C8H14N2O4. The first-order valence-corrected chi connectivity index (χ1v) is 4.48. The van der Waals surface area contributed by atoms with Gasteiger partial charge >= 0.3 is 11.9 Å². The molecule has 0 amide bonds. The molecule has 0 bridgehead atoms. The van der Waals surface area contributed by atoms with Crippen LogP contribution in [0.25, 0.3) is 0 Å². The van der Waals surface area contributed by atoms with Crippen LogP contribution in [0.4, 0.5) is 0 Å². The minimum atomic E-state index is -1.05. The lowest BCUT2D eigenvalue weighted by Crippen LogP contribution is -2.41. The van der Waals surface area contributed by atoms with Crippen LogP contribution in [-0.2, 0) is 9.59 Å². The van der Waals surface area contributed by atoms with Gasteiger partial charge in [-0.05, 0) is 19.3 Å². The van der Waals surface area contributed by atoms with Crippen LogP contribution in [-0.4, -0.2) is 40.3 Å². The number of nitrogens with one attached hydrogen (secondary N) is 1. The van der Waals surface area contributed by atoms with Gasteiger partial charge in [-0.25, -0.2) is 0 Å². The highest BCUT2D eigenvalue weighted by Gasteiger charge is 2.30. The largest absolute Gasteiger partial charge is 0.480 e. The quantitative estimate of drug-likeness (QED) is 0.465. The highest BCUT2D eigenvalue weighted by atomic mass is 16.4. The molecule has 1 rings (SSSR count). The predicted molar refractivity (Wildman–Crippen MR) is 47.8 cm³/mol. The Morgan fingerprint density at radius 1 is 1.43 bits per heavy atom. The molecule has 6 nitrogen and oxygen atoms in total. The molecule has 1 aliphatic heterocycles. The van der Waals surface area contributed by atoms with Crippen LogP contribution in [0.5, 0.6) is 0 Å². The van der Waals surface area contributed by atoms with Gasteiger partial charge < -0.3 is 21.3 Å². The maximum absolute atomic E-state index is 10.6. The lowest BCUT2D eigenvalue weighted by Gasteiger charge is -2.14. The van der Waals surface area contributed by atoms with Crippen LogP contribution < -0.4 is 11.1 Å². The molecular weight excluding hydrogens is 188 g/mol. The summed E-state index contributed by atoms with van der Waals surface area (Å²) in [5, 5.41) is 20.0. The number of hydrogen-bond donors (Lipinski definition) is 4. The van der Waals surface area contributed by atoms with Crippen molar-refractivity contribution in [2.24, 2.45) is 5.73 Å². The summed E-state index contributed by atoms with van der Waals surface area (Å²) in [5.74, 6) is -1.94. The van der Waals surface area contributed by atoms with Crippen LogP contribution in [0, 0.1) is 0 Å². The molecule has 0 spiro atoms. The average Bonchev–Trinajstić information content (AvgIpc) is 2.52. The van der Waals surface area contributed by atoms with E-state index in [9.17, 15) is 9.59 Å². The van der Waals surface area contributed by atoms with E-state index in [0.29, 0.717) is 12.8 Å². The summed E-state index contributed by atoms with van der Waals surface area (Å²) in [7, 11) is 0. The van der Waals surface area contributed by atoms with E-state index in [-0.39, 0.29) is 12.5 Å². The Morgan fingerprint density at radius 2 is 2.07 bits per heavy atom. The summed E-state index contributed by atoms with van der Waals surface area (Å²) in [6.07, 6.45) is 1.48. The molecule has 5 N–H and O–H groups in total. The van der Waals surface area contributed by atoms with Gasteiger partial charge in [0.1, 0.15) is 12.1 Å². The zero-order valence-corrected chi connectivity index (χ0v) is 7.64. The van der Waals surface area contributed by atoms with E-state index in [2.05, 4.69) is 5.32 Å². The standard InChI is InChI=1S/C8H14N2O4/c9-5(7(11)12)3-4-1-2-6(10-4)8(13)14/h4-6,10H,1-3,9H2,(H,11,12)(H,13,14)/t4-,5+,6+/m1/s1. The second-order valence-electron chi connectivity index (χ2n) is 3.51. The second kappa shape index (κ2) is 4.39. The van der Waals surface area contributed by atoms with Gasteiger partial charge in [-0.1, -0.05) is 0 Å². The molecule has 1 heterocycles. The average molecular weight is 202 g/mol. The van der Waals surface area contributed by atoms with Crippen molar-refractivity contribution < 1.29 is 19.8 Å². The van der Waals surface area contributed by atoms with Gasteiger partial charge in [-0.15, -0.1) is 0 Å². The number of aliphatic carboxylic acids is 2. The van der Waals surface area contributed by atoms with Crippen molar-refractivity contribution in [2.75, 3.05) is 0 Å². The second-order valence-corrected chi connectivity index (χ2v) is 3.51. The van der Waals surface area contributed by atoms with E-state index < -0.39 is 24.0 Å². The van der Waals surface area contributed by atoms with E-state index >= 15 is 0 Å². The lowest BCUT2D eigenvalue weighted by atomic mass is 10.1. The zero-order valence-electron chi connectivity index (χ0n) is 7.64. The smallest absolute Gasteiger partial charge is 0.320 e. The number of carboxylic acids is 2. The summed E-state index contributed by atoms with van der Waals surface area (Å²) in [6, 6.07) is -1.57. The molecule has 0 saturated carbocycles. The first-order chi connectivity index (χ1) is 6.50. The van der Waals surface area contributed by atoms with Crippen molar-refractivity contribution >= 4 is 11.9 Å². The first-order valence-electron chi connectivity index (χ1n) is 4.48. The number of carboxylic acid groups (broad SMARTS) is 2. The van der Waals surface area contributed by atoms with Crippen molar-refractivity contribution in [1.82, 2.24) is 5.32 Å². The Hall–Kier alpha value is -1.14. The van der Waals surface area contributed by atoms with Crippen LogP contribution in [0.15, 0.2) is 0 Å². The molecule has 3 atom stereocenters. The highest BCUT2D eigenvalue weighted by molar-refractivity contribution is 5.74. The van der Waals surface area contributed by atoms with E-state index in [1.807, 2.05) is 0 Å². The molecule has 1 aliphatic rings. The Kier molecular flexibility index (Phi) is 3.43. The minimum Gasteiger partial charge on any atom is -0.480 e. The molecule has 80 valence electrons. The fourth-order valence-electron chi connectivity index (χ4n) is 1.61. The Morgan fingerprint density at radius 3 is 2.50 bits per heavy atom. The minimum absolute atomic E-state index is 0.0952. The highest BCUT2D eigenvalue weighted by Crippen LogP contribution is 2.16. The van der Waals surface area contributed by atoms with Gasteiger partial charge in [-0.2, -0.15) is 0 Å². The molecule has 1 saturated heterocycles. The van der Waals surface area contributed by atoms with Crippen LogP contribution in [0.2, 0.25) is 0 Å². The topological polar surface area (TPSA) is 113 Å². The summed E-state index contributed by atoms with van der Waals surface area (Å²) < 4.78 is 0. The lowest BCUT2D eigenvalue weighted by molar-refractivity contribution is -0.139. The third kappa shape index (κ3) is 2.68. The fraction of sp³-hybridized carbons (Fsp3) is 0.750. The summed E-state index contributed by atoms with van der Waals surface area (Å²) in [4.78, 5) is 21.0. The predicted octanol–water partition coefficient (Wildman–Crippen LogP) is -1.01. The first kappa shape index (κ1) is 10.9. The molecule has 0 aromatic carbocycles. The van der Waals surface area contributed by atoms with Crippen LogP contribution in [0.1, 0.15) is 19.3 Å². The Balaban J connectivity index is 2.36. The fourth-order valence-corrected chi connectivity index (χ4v) is 1.61. The van der Waals surface area contributed by atoms with Crippen molar-refractivity contribution in [3.63, 3.8) is 0 Å². The zero-order chi connectivity index (χ0) is 10.7. The third-order valence-corrected chi connectivity index (χ3v) is 2.39. The number of hydrogen-bond acceptors (Lipinski definition) is 4. The van der Waals surface area contributed by atoms with E-state index in [4.69, 9.17) is 15.9 Å². The van der Waals surface area contributed by atoms with E-state index in [1.54, 1.807) is 0 Å². The van der Waals surface area contributed by atoms with Crippen molar-refractivity contribution in [2.45, 2.75) is 37.4 Å². The summed E-state index contributed by atoms with van der Waals surface area (Å²) in [5.41, 5.74) is 5.33. The van der Waals surface area contributed by atoms with Gasteiger partial charge in [0.15, 0.2) is 0 Å². The number of nitrogens with two attached hydrogens (primary N) is 1. The molecule has 0 aliphatic carbocycles. The normalized spacial score (nSPS) is 28.6. The Labute approximate surface area is 81.1 Å². The third-order valence-electron chi connectivity index (χ3n) is 2.39. The maximum atomic E-state index is 10.6. The van der Waals surface area contributed by atoms with Crippen LogP contribution in [0.3, 0.4) is 0 Å². The monoisotopic (exact) mass is 202 g/mol. The molecule has 0 aromatic heterocycles.